The zero-order chi connectivity index (χ0) is 10.5. The van der Waals surface area contributed by atoms with Gasteiger partial charge in [-0.15, -0.1) is 0 Å². The second kappa shape index (κ2) is 2.75. The first-order chi connectivity index (χ1) is 7.21. The Kier molecular flexibility index (Phi) is 1.61. The van der Waals surface area contributed by atoms with E-state index in [0.717, 1.165) is 30.6 Å². The molecule has 1 aromatic rings. The normalized spacial score (nSPS) is 28.3. The molecule has 1 N–H and O–H groups in total. The van der Waals surface area contributed by atoms with E-state index in [1.165, 1.54) is 0 Å². The Morgan fingerprint density at radius 3 is 3.07 bits per heavy atom. The molecule has 2 heterocycles. The van der Waals surface area contributed by atoms with Crippen molar-refractivity contribution in [2.45, 2.75) is 25.4 Å². The van der Waals surface area contributed by atoms with Crippen LogP contribution in [0.3, 0.4) is 0 Å². The molecule has 15 heavy (non-hydrogen) atoms. The molecule has 0 radical (unpaired) electrons. The van der Waals surface area contributed by atoms with Gasteiger partial charge in [0.25, 0.3) is 5.91 Å². The van der Waals surface area contributed by atoms with E-state index in [9.17, 15) is 4.79 Å². The van der Waals surface area contributed by atoms with Gasteiger partial charge in [0.15, 0.2) is 0 Å². The van der Waals surface area contributed by atoms with Crippen LogP contribution in [-0.2, 0) is 0 Å². The number of benzene rings is 1. The number of para-hydroxylation sites is 1. The number of carbonyl (C=O) groups excluding carboxylic acids is 1. The molecular weight excluding hydrogens is 188 g/mol. The monoisotopic (exact) mass is 202 g/mol. The molecule has 3 nitrogen and oxygen atoms in total. The van der Waals surface area contributed by atoms with Crippen LogP contribution in [0.2, 0.25) is 0 Å². The van der Waals surface area contributed by atoms with Crippen LogP contribution in [0.5, 0.6) is 0 Å². The zero-order valence-electron chi connectivity index (χ0n) is 8.79. The molecule has 1 saturated heterocycles. The van der Waals surface area contributed by atoms with Crippen molar-refractivity contribution in [3.63, 3.8) is 0 Å². The van der Waals surface area contributed by atoms with Crippen LogP contribution >= 0.6 is 0 Å². The first-order valence-corrected chi connectivity index (χ1v) is 5.40. The fourth-order valence-corrected chi connectivity index (χ4v) is 2.69. The van der Waals surface area contributed by atoms with Gasteiger partial charge in [0, 0.05) is 6.54 Å². The largest absolute Gasteiger partial charge is 0.348 e. The van der Waals surface area contributed by atoms with Gasteiger partial charge in [-0.2, -0.15) is 0 Å². The lowest BCUT2D eigenvalue weighted by Gasteiger charge is -2.42. The summed E-state index contributed by atoms with van der Waals surface area (Å²) in [7, 11) is 0. The van der Waals surface area contributed by atoms with Crippen LogP contribution in [0.4, 0.5) is 5.69 Å². The Labute approximate surface area is 89.1 Å². The topological polar surface area (TPSA) is 32.3 Å². The molecule has 1 atom stereocenters. The molecule has 2 aliphatic rings. The van der Waals surface area contributed by atoms with E-state index in [4.69, 9.17) is 0 Å². The molecule has 0 aromatic heterocycles. The number of amides is 1. The SMILES string of the molecule is CC12CCCN1c1ccccc1C(=O)N2. The maximum absolute atomic E-state index is 11.9. The highest BCUT2D eigenvalue weighted by Crippen LogP contribution is 2.37. The van der Waals surface area contributed by atoms with Gasteiger partial charge in [0.05, 0.1) is 11.3 Å². The van der Waals surface area contributed by atoms with Crippen LogP contribution in [0.25, 0.3) is 0 Å². The molecule has 1 fully saturated rings. The molecule has 3 heteroatoms. The third kappa shape index (κ3) is 1.09. The number of rotatable bonds is 0. The predicted octanol–water partition coefficient (Wildman–Crippen LogP) is 1.75. The van der Waals surface area contributed by atoms with E-state index in [1.54, 1.807) is 0 Å². The minimum absolute atomic E-state index is 0.0613. The molecule has 1 aromatic carbocycles. The molecule has 78 valence electrons. The van der Waals surface area contributed by atoms with Crippen molar-refractivity contribution in [2.75, 3.05) is 11.4 Å². The van der Waals surface area contributed by atoms with Crippen LogP contribution < -0.4 is 10.2 Å². The molecule has 0 bridgehead atoms. The van der Waals surface area contributed by atoms with E-state index < -0.39 is 0 Å². The second-order valence-electron chi connectivity index (χ2n) is 4.50. The lowest BCUT2D eigenvalue weighted by molar-refractivity contribution is 0.0897. The maximum atomic E-state index is 11.9. The fourth-order valence-electron chi connectivity index (χ4n) is 2.69. The number of nitrogens with one attached hydrogen (secondary N) is 1. The predicted molar refractivity (Wildman–Crippen MR) is 58.9 cm³/mol. The summed E-state index contributed by atoms with van der Waals surface area (Å²) in [6, 6.07) is 7.84. The molecule has 2 aliphatic heterocycles. The van der Waals surface area contributed by atoms with Gasteiger partial charge in [0.2, 0.25) is 0 Å². The minimum atomic E-state index is -0.161. The molecule has 3 rings (SSSR count). The fraction of sp³-hybridized carbons (Fsp3) is 0.417. The third-order valence-corrected chi connectivity index (χ3v) is 3.46. The summed E-state index contributed by atoms with van der Waals surface area (Å²) in [4.78, 5) is 14.2. The van der Waals surface area contributed by atoms with Crippen LogP contribution in [0.1, 0.15) is 30.1 Å². The van der Waals surface area contributed by atoms with Crippen molar-refractivity contribution in [3.05, 3.63) is 29.8 Å². The Hall–Kier alpha value is -1.51. The number of carbonyl (C=O) groups is 1. The molecular formula is C12H14N2O. The van der Waals surface area contributed by atoms with Crippen molar-refractivity contribution in [1.29, 1.82) is 0 Å². The first kappa shape index (κ1) is 8.77. The summed E-state index contributed by atoms with van der Waals surface area (Å²) in [6.45, 7) is 3.14. The van der Waals surface area contributed by atoms with Gasteiger partial charge in [-0.25, -0.2) is 0 Å². The lowest BCUT2D eigenvalue weighted by atomic mass is 10.0. The summed E-state index contributed by atoms with van der Waals surface area (Å²) < 4.78 is 0. The molecule has 0 spiro atoms. The van der Waals surface area contributed by atoms with E-state index >= 15 is 0 Å². The average molecular weight is 202 g/mol. The number of anilines is 1. The van der Waals surface area contributed by atoms with E-state index in [0.29, 0.717) is 0 Å². The Bertz CT molecular complexity index is 429. The third-order valence-electron chi connectivity index (χ3n) is 3.46. The highest BCUT2D eigenvalue weighted by atomic mass is 16.2. The minimum Gasteiger partial charge on any atom is -0.348 e. The van der Waals surface area contributed by atoms with Crippen molar-refractivity contribution >= 4 is 11.6 Å². The summed E-state index contributed by atoms with van der Waals surface area (Å²) in [6.07, 6.45) is 2.18. The standard InChI is InChI=1S/C12H14N2O/c1-12-7-4-8-14(12)10-6-3-2-5-9(10)11(15)13-12/h2-3,5-6H,4,7-8H2,1H3,(H,13,15). The number of fused-ring (bicyclic) bond motifs is 3. The van der Waals surface area contributed by atoms with E-state index in [2.05, 4.69) is 17.1 Å². The van der Waals surface area contributed by atoms with Crippen LogP contribution in [0.15, 0.2) is 24.3 Å². The quantitative estimate of drug-likeness (QED) is 0.695. The van der Waals surface area contributed by atoms with Gasteiger partial charge in [-0.3, -0.25) is 4.79 Å². The molecule has 1 amide bonds. The number of hydrogen-bond donors (Lipinski definition) is 1. The highest BCUT2D eigenvalue weighted by molar-refractivity contribution is 6.02. The van der Waals surface area contributed by atoms with Crippen molar-refractivity contribution < 1.29 is 4.79 Å². The molecule has 0 saturated carbocycles. The Morgan fingerprint density at radius 2 is 2.20 bits per heavy atom. The summed E-state index contributed by atoms with van der Waals surface area (Å²) >= 11 is 0. The average Bonchev–Trinajstić information content (AvgIpc) is 2.60. The van der Waals surface area contributed by atoms with Gasteiger partial charge in [0.1, 0.15) is 5.66 Å². The van der Waals surface area contributed by atoms with E-state index in [1.807, 2.05) is 24.3 Å². The van der Waals surface area contributed by atoms with Crippen LogP contribution in [-0.4, -0.2) is 18.1 Å². The smallest absolute Gasteiger partial charge is 0.255 e. The Balaban J connectivity index is 2.18. The first-order valence-electron chi connectivity index (χ1n) is 5.40. The lowest BCUT2D eigenvalue weighted by Crippen LogP contribution is -2.58. The molecule has 0 aliphatic carbocycles. The highest BCUT2D eigenvalue weighted by Gasteiger charge is 2.42. The van der Waals surface area contributed by atoms with Gasteiger partial charge in [-0.1, -0.05) is 12.1 Å². The zero-order valence-corrected chi connectivity index (χ0v) is 8.79. The van der Waals surface area contributed by atoms with E-state index in [-0.39, 0.29) is 11.6 Å². The maximum Gasteiger partial charge on any atom is 0.255 e. The van der Waals surface area contributed by atoms with Gasteiger partial charge < -0.3 is 10.2 Å². The number of nitrogens with zero attached hydrogens (tertiary/aromatic N) is 1. The van der Waals surface area contributed by atoms with Crippen molar-refractivity contribution in [1.82, 2.24) is 5.32 Å². The second-order valence-corrected chi connectivity index (χ2v) is 4.50. The summed E-state index contributed by atoms with van der Waals surface area (Å²) in [5, 5.41) is 3.10. The Morgan fingerprint density at radius 1 is 1.40 bits per heavy atom. The van der Waals surface area contributed by atoms with Crippen LogP contribution in [0, 0.1) is 0 Å². The van der Waals surface area contributed by atoms with Gasteiger partial charge >= 0.3 is 0 Å². The summed E-state index contributed by atoms with van der Waals surface area (Å²) in [5.74, 6) is 0.0613. The van der Waals surface area contributed by atoms with Gasteiger partial charge in [-0.05, 0) is 31.9 Å². The van der Waals surface area contributed by atoms with Crippen molar-refractivity contribution in [2.24, 2.45) is 0 Å². The number of hydrogen-bond acceptors (Lipinski definition) is 2. The molecule has 1 unspecified atom stereocenters. The van der Waals surface area contributed by atoms with Crippen molar-refractivity contribution in [3.8, 4) is 0 Å². The summed E-state index contributed by atoms with van der Waals surface area (Å²) in [5.41, 5.74) is 1.73.